The van der Waals surface area contributed by atoms with Crippen LogP contribution in [0.25, 0.3) is 0 Å². The van der Waals surface area contributed by atoms with Crippen LogP contribution in [0.15, 0.2) is 18.6 Å². The van der Waals surface area contributed by atoms with E-state index in [4.69, 9.17) is 5.11 Å². The van der Waals surface area contributed by atoms with E-state index in [2.05, 4.69) is 24.9 Å². The molecule has 17 heavy (non-hydrogen) atoms. The Hall–Kier alpha value is -2.42. The van der Waals surface area contributed by atoms with E-state index in [1.165, 1.54) is 18.6 Å². The molecular formula is C8H5N5O3S. The molecule has 0 spiro atoms. The third kappa shape index (κ3) is 2.39. The van der Waals surface area contributed by atoms with Crippen molar-refractivity contribution in [1.29, 1.82) is 0 Å². The van der Waals surface area contributed by atoms with Crippen LogP contribution < -0.4 is 5.32 Å². The smallest absolute Gasteiger partial charge is 0.358 e. The lowest BCUT2D eigenvalue weighted by Gasteiger charge is -2.03. The van der Waals surface area contributed by atoms with Crippen LogP contribution in [-0.2, 0) is 0 Å². The minimum absolute atomic E-state index is 0.113. The van der Waals surface area contributed by atoms with E-state index >= 15 is 0 Å². The summed E-state index contributed by atoms with van der Waals surface area (Å²) in [6.07, 6.45) is 3.79. The minimum Gasteiger partial charge on any atom is -0.476 e. The number of carboxylic acids is 1. The number of rotatable bonds is 3. The number of aromatic nitrogens is 4. The second kappa shape index (κ2) is 4.61. The Bertz CT molecular complexity index is 556. The van der Waals surface area contributed by atoms with Gasteiger partial charge in [-0.15, -0.1) is 5.10 Å². The highest BCUT2D eigenvalue weighted by Gasteiger charge is 2.16. The molecule has 0 saturated carbocycles. The normalized spacial score (nSPS) is 9.88. The van der Waals surface area contributed by atoms with Crippen molar-refractivity contribution in [3.63, 3.8) is 0 Å². The summed E-state index contributed by atoms with van der Waals surface area (Å²) >= 11 is 0.896. The molecule has 0 aliphatic rings. The maximum Gasteiger partial charge on any atom is 0.358 e. The van der Waals surface area contributed by atoms with Crippen LogP contribution in [0.1, 0.15) is 20.2 Å². The van der Waals surface area contributed by atoms with Crippen LogP contribution in [0.5, 0.6) is 0 Å². The zero-order valence-electron chi connectivity index (χ0n) is 8.19. The lowest BCUT2D eigenvalue weighted by molar-refractivity contribution is 0.0691. The van der Waals surface area contributed by atoms with Gasteiger partial charge in [-0.25, -0.2) is 14.8 Å². The summed E-state index contributed by atoms with van der Waals surface area (Å²) in [5.74, 6) is -1.91. The summed E-state index contributed by atoms with van der Waals surface area (Å²) in [5, 5.41) is 14.7. The highest BCUT2D eigenvalue weighted by molar-refractivity contribution is 7.07. The third-order valence-electron chi connectivity index (χ3n) is 1.72. The fourth-order valence-electron chi connectivity index (χ4n) is 1.02. The third-order valence-corrected chi connectivity index (χ3v) is 2.38. The number of hydrogen-bond acceptors (Lipinski definition) is 7. The Morgan fingerprint density at radius 1 is 1.29 bits per heavy atom. The molecule has 2 rings (SSSR count). The average Bonchev–Trinajstić information content (AvgIpc) is 2.83. The number of amides is 1. The van der Waals surface area contributed by atoms with Crippen LogP contribution in [0, 0.1) is 0 Å². The van der Waals surface area contributed by atoms with Gasteiger partial charge in [0.15, 0.2) is 11.5 Å². The predicted molar refractivity (Wildman–Crippen MR) is 56.9 cm³/mol. The molecule has 0 bridgehead atoms. The maximum atomic E-state index is 11.6. The van der Waals surface area contributed by atoms with Crippen molar-refractivity contribution in [3.8, 4) is 0 Å². The molecule has 86 valence electrons. The first-order chi connectivity index (χ1) is 8.18. The Kier molecular flexibility index (Phi) is 3.01. The standard InChI is InChI=1S/C8H5N5O3S/c14-7(4-3-11-13-17-4)12-6-5(8(15)16)9-1-2-10-6/h1-3H,(H,15,16)(H,10,12,14). The minimum atomic E-state index is -1.27. The highest BCUT2D eigenvalue weighted by Crippen LogP contribution is 2.11. The second-order valence-corrected chi connectivity index (χ2v) is 3.58. The van der Waals surface area contributed by atoms with Crippen molar-refractivity contribution in [2.45, 2.75) is 0 Å². The molecule has 1 amide bonds. The van der Waals surface area contributed by atoms with E-state index in [0.29, 0.717) is 0 Å². The Morgan fingerprint density at radius 3 is 2.71 bits per heavy atom. The zero-order chi connectivity index (χ0) is 12.3. The molecule has 0 fully saturated rings. The van der Waals surface area contributed by atoms with Gasteiger partial charge in [0.1, 0.15) is 4.88 Å². The quantitative estimate of drug-likeness (QED) is 0.804. The summed E-state index contributed by atoms with van der Waals surface area (Å²) in [6.45, 7) is 0. The fraction of sp³-hybridized carbons (Fsp3) is 0. The van der Waals surface area contributed by atoms with Crippen molar-refractivity contribution in [2.75, 3.05) is 5.32 Å². The van der Waals surface area contributed by atoms with Crippen LogP contribution in [0.4, 0.5) is 5.82 Å². The van der Waals surface area contributed by atoms with Gasteiger partial charge in [0, 0.05) is 12.4 Å². The Balaban J connectivity index is 2.25. The number of hydrogen-bond donors (Lipinski definition) is 2. The largest absolute Gasteiger partial charge is 0.476 e. The van der Waals surface area contributed by atoms with Crippen molar-refractivity contribution in [3.05, 3.63) is 29.2 Å². The molecule has 0 saturated heterocycles. The van der Waals surface area contributed by atoms with Crippen molar-refractivity contribution < 1.29 is 14.7 Å². The van der Waals surface area contributed by atoms with Crippen LogP contribution >= 0.6 is 11.5 Å². The van der Waals surface area contributed by atoms with Crippen LogP contribution in [0.2, 0.25) is 0 Å². The number of carbonyl (C=O) groups excluding carboxylic acids is 1. The Morgan fingerprint density at radius 2 is 2.06 bits per heavy atom. The van der Waals surface area contributed by atoms with E-state index in [9.17, 15) is 9.59 Å². The Labute approximate surface area is 98.5 Å². The first-order valence-corrected chi connectivity index (χ1v) is 5.09. The van der Waals surface area contributed by atoms with E-state index < -0.39 is 11.9 Å². The van der Waals surface area contributed by atoms with Gasteiger partial charge in [-0.3, -0.25) is 4.79 Å². The van der Waals surface area contributed by atoms with Crippen LogP contribution in [-0.4, -0.2) is 36.5 Å². The van der Waals surface area contributed by atoms with Crippen molar-refractivity contribution in [2.24, 2.45) is 0 Å². The molecule has 0 aliphatic carbocycles. The molecule has 2 heterocycles. The monoisotopic (exact) mass is 251 g/mol. The molecule has 0 atom stereocenters. The van der Waals surface area contributed by atoms with Gasteiger partial charge >= 0.3 is 5.97 Å². The first-order valence-electron chi connectivity index (χ1n) is 4.31. The molecule has 0 unspecified atom stereocenters. The lowest BCUT2D eigenvalue weighted by atomic mass is 10.4. The summed E-state index contributed by atoms with van der Waals surface area (Å²) in [5.41, 5.74) is -0.321. The summed E-state index contributed by atoms with van der Waals surface area (Å²) in [4.78, 5) is 30.0. The van der Waals surface area contributed by atoms with Gasteiger partial charge in [0.2, 0.25) is 0 Å². The van der Waals surface area contributed by atoms with Gasteiger partial charge in [0.25, 0.3) is 5.91 Å². The molecule has 0 aliphatic heterocycles. The topological polar surface area (TPSA) is 118 Å². The summed E-state index contributed by atoms with van der Waals surface area (Å²) < 4.78 is 3.52. The van der Waals surface area contributed by atoms with Gasteiger partial charge in [-0.2, -0.15) is 0 Å². The molecule has 0 aromatic carbocycles. The van der Waals surface area contributed by atoms with Crippen molar-refractivity contribution in [1.82, 2.24) is 19.6 Å². The zero-order valence-corrected chi connectivity index (χ0v) is 9.01. The number of carboxylic acid groups (broad SMARTS) is 1. The number of carbonyl (C=O) groups is 2. The second-order valence-electron chi connectivity index (χ2n) is 2.79. The van der Waals surface area contributed by atoms with Crippen LogP contribution in [0.3, 0.4) is 0 Å². The van der Waals surface area contributed by atoms with Gasteiger partial charge in [0.05, 0.1) is 6.20 Å². The lowest BCUT2D eigenvalue weighted by Crippen LogP contribution is -2.16. The molecule has 2 N–H and O–H groups in total. The summed E-state index contributed by atoms with van der Waals surface area (Å²) in [6, 6.07) is 0. The van der Waals surface area contributed by atoms with Gasteiger partial charge in [-0.05, 0) is 11.5 Å². The SMILES string of the molecule is O=C(Nc1nccnc1C(=O)O)c1cnns1. The van der Waals surface area contributed by atoms with E-state index in [1.807, 2.05) is 0 Å². The molecule has 0 radical (unpaired) electrons. The molecule has 2 aromatic rings. The molecule has 9 heteroatoms. The maximum absolute atomic E-state index is 11.6. The van der Waals surface area contributed by atoms with E-state index in [1.54, 1.807) is 0 Å². The van der Waals surface area contributed by atoms with Gasteiger partial charge < -0.3 is 10.4 Å². The highest BCUT2D eigenvalue weighted by atomic mass is 32.1. The molecule has 2 aromatic heterocycles. The first kappa shape index (κ1) is 11.1. The van der Waals surface area contributed by atoms with Gasteiger partial charge in [-0.1, -0.05) is 4.49 Å². The van der Waals surface area contributed by atoms with E-state index in [0.717, 1.165) is 11.5 Å². The van der Waals surface area contributed by atoms with Crippen molar-refractivity contribution >= 4 is 29.2 Å². The molecular weight excluding hydrogens is 246 g/mol. The number of anilines is 1. The average molecular weight is 251 g/mol. The van der Waals surface area contributed by atoms with E-state index in [-0.39, 0.29) is 16.4 Å². The summed E-state index contributed by atoms with van der Waals surface area (Å²) in [7, 11) is 0. The number of aromatic carboxylic acids is 1. The number of nitrogens with zero attached hydrogens (tertiary/aromatic N) is 4. The number of nitrogens with one attached hydrogen (secondary N) is 1. The fourth-order valence-corrected chi connectivity index (χ4v) is 1.43. The predicted octanol–water partition coefficient (Wildman–Crippen LogP) is 0.279. The molecule has 8 nitrogen and oxygen atoms in total.